The third-order valence-electron chi connectivity index (χ3n) is 3.73. The minimum absolute atomic E-state index is 0.116. The molecule has 0 bridgehead atoms. The van der Waals surface area contributed by atoms with Crippen LogP contribution in [0.25, 0.3) is 0 Å². The molecular formula is C16H13ClO4S2. The molecule has 0 heterocycles. The highest BCUT2D eigenvalue weighted by Gasteiger charge is 2.36. The molecule has 0 N–H and O–H groups in total. The fourth-order valence-electron chi connectivity index (χ4n) is 2.46. The minimum Gasteiger partial charge on any atom is -0.207 e. The summed E-state index contributed by atoms with van der Waals surface area (Å²) in [5, 5.41) is 0.335. The van der Waals surface area contributed by atoms with E-state index in [1.54, 1.807) is 6.08 Å². The first-order valence-electron chi connectivity index (χ1n) is 6.85. The van der Waals surface area contributed by atoms with Gasteiger partial charge in [0.1, 0.15) is 0 Å². The van der Waals surface area contributed by atoms with Gasteiger partial charge in [0.05, 0.1) is 9.80 Å². The number of hydrogen-bond donors (Lipinski definition) is 0. The Labute approximate surface area is 139 Å². The molecule has 0 radical (unpaired) electrons. The molecular weight excluding hydrogens is 356 g/mol. The van der Waals surface area contributed by atoms with Gasteiger partial charge in [-0.2, -0.15) is 0 Å². The van der Waals surface area contributed by atoms with Crippen LogP contribution in [0.1, 0.15) is 6.42 Å². The summed E-state index contributed by atoms with van der Waals surface area (Å²) >= 11 is 5.72. The quantitative estimate of drug-likeness (QED) is 0.767. The molecule has 0 fully saturated rings. The molecule has 4 nitrogen and oxygen atoms in total. The van der Waals surface area contributed by atoms with Gasteiger partial charge in [-0.1, -0.05) is 42.0 Å². The summed E-state index contributed by atoms with van der Waals surface area (Å²) in [4.78, 5) is -0.481. The summed E-state index contributed by atoms with van der Waals surface area (Å²) in [5.74, 6) is -0.116. The molecule has 0 saturated heterocycles. The predicted octanol–water partition coefficient (Wildman–Crippen LogP) is 3.40. The van der Waals surface area contributed by atoms with E-state index in [0.717, 1.165) is 5.57 Å². The van der Waals surface area contributed by atoms with Crippen LogP contribution < -0.4 is 0 Å². The van der Waals surface area contributed by atoms with Crippen molar-refractivity contribution in [2.75, 3.05) is 0 Å². The topological polar surface area (TPSA) is 68.3 Å². The van der Waals surface area contributed by atoms with Crippen LogP contribution in [0.2, 0.25) is 5.02 Å². The van der Waals surface area contributed by atoms with E-state index in [0.29, 0.717) is 11.4 Å². The van der Waals surface area contributed by atoms with Crippen molar-refractivity contribution in [1.82, 2.24) is 0 Å². The fourth-order valence-corrected chi connectivity index (χ4v) is 6.32. The summed E-state index contributed by atoms with van der Waals surface area (Å²) in [6.45, 7) is 0. The molecule has 0 saturated carbocycles. The van der Waals surface area contributed by atoms with E-state index in [-0.39, 0.29) is 15.7 Å². The second kappa shape index (κ2) is 5.78. The summed E-state index contributed by atoms with van der Waals surface area (Å²) in [6, 6.07) is 5.08. The molecule has 2 aliphatic carbocycles. The van der Waals surface area contributed by atoms with Crippen LogP contribution in [0.15, 0.2) is 76.1 Å². The first-order valence-corrected chi connectivity index (χ1v) is 10.7. The number of fused-ring (bicyclic) bond motifs is 1. The first kappa shape index (κ1) is 16.2. The van der Waals surface area contributed by atoms with Gasteiger partial charge in [0, 0.05) is 10.9 Å². The molecule has 1 aromatic rings. The van der Waals surface area contributed by atoms with E-state index < -0.39 is 17.7 Å². The van der Waals surface area contributed by atoms with Crippen LogP contribution in [0.3, 0.4) is 0 Å². The standard InChI is InChI=1S/C16H13ClO4S2/c17-14-6-9-15(10-7-14)22(18,19)23(20,21)16-8-5-12-3-1-2-4-13(12)11-16/h1-3,5-11,13H,4H2. The van der Waals surface area contributed by atoms with Crippen molar-refractivity contribution in [2.45, 2.75) is 11.3 Å². The third kappa shape index (κ3) is 2.82. The zero-order valence-corrected chi connectivity index (χ0v) is 14.3. The Bertz CT molecular complexity index is 963. The molecule has 0 spiro atoms. The van der Waals surface area contributed by atoms with Gasteiger partial charge in [0.25, 0.3) is 17.7 Å². The number of halogens is 1. The average molecular weight is 369 g/mol. The number of rotatable bonds is 3. The predicted molar refractivity (Wildman–Crippen MR) is 90.1 cm³/mol. The Kier molecular flexibility index (Phi) is 4.08. The maximum absolute atomic E-state index is 12.6. The van der Waals surface area contributed by atoms with Crippen LogP contribution in [0.4, 0.5) is 0 Å². The SMILES string of the molecule is O=S(=O)(C1=CC2CC=CC=C2C=C1)S(=O)(=O)c1ccc(Cl)cc1. The molecule has 1 unspecified atom stereocenters. The zero-order valence-electron chi connectivity index (χ0n) is 11.9. The molecule has 120 valence electrons. The van der Waals surface area contributed by atoms with E-state index in [1.165, 1.54) is 36.4 Å². The monoisotopic (exact) mass is 368 g/mol. The van der Waals surface area contributed by atoms with E-state index >= 15 is 0 Å². The summed E-state index contributed by atoms with van der Waals surface area (Å²) in [7, 11) is -9.06. The van der Waals surface area contributed by atoms with E-state index in [1.807, 2.05) is 18.2 Å². The first-order chi connectivity index (χ1) is 10.8. The molecule has 7 heteroatoms. The van der Waals surface area contributed by atoms with Crippen LogP contribution >= 0.6 is 11.6 Å². The van der Waals surface area contributed by atoms with E-state index in [4.69, 9.17) is 11.6 Å². The van der Waals surface area contributed by atoms with Crippen LogP contribution in [-0.4, -0.2) is 16.8 Å². The zero-order chi connectivity index (χ0) is 16.7. The Morgan fingerprint density at radius 2 is 1.65 bits per heavy atom. The molecule has 3 rings (SSSR count). The van der Waals surface area contributed by atoms with Gasteiger partial charge >= 0.3 is 0 Å². The van der Waals surface area contributed by atoms with Gasteiger partial charge in [-0.15, -0.1) is 0 Å². The van der Waals surface area contributed by atoms with Crippen molar-refractivity contribution < 1.29 is 16.8 Å². The maximum Gasteiger partial charge on any atom is 0.286 e. The maximum atomic E-state index is 12.6. The molecule has 0 amide bonds. The Morgan fingerprint density at radius 3 is 2.35 bits per heavy atom. The fraction of sp³-hybridized carbons (Fsp3) is 0.125. The van der Waals surface area contributed by atoms with Gasteiger partial charge < -0.3 is 0 Å². The molecule has 2 aliphatic rings. The molecule has 1 aromatic carbocycles. The third-order valence-corrected chi connectivity index (χ3v) is 9.14. The van der Waals surface area contributed by atoms with Crippen molar-refractivity contribution in [3.05, 3.63) is 76.2 Å². The van der Waals surface area contributed by atoms with Gasteiger partial charge in [0.15, 0.2) is 0 Å². The number of hydrogen-bond acceptors (Lipinski definition) is 4. The average Bonchev–Trinajstić information content (AvgIpc) is 2.54. The highest BCUT2D eigenvalue weighted by Crippen LogP contribution is 2.33. The number of allylic oxidation sites excluding steroid dienone is 7. The van der Waals surface area contributed by atoms with Gasteiger partial charge in [0.2, 0.25) is 0 Å². The molecule has 1 atom stereocenters. The van der Waals surface area contributed by atoms with Gasteiger partial charge in [-0.05, 0) is 42.3 Å². The van der Waals surface area contributed by atoms with Crippen LogP contribution in [-0.2, 0) is 17.7 Å². The lowest BCUT2D eigenvalue weighted by atomic mass is 9.88. The number of benzene rings is 1. The van der Waals surface area contributed by atoms with Gasteiger partial charge in [-0.3, -0.25) is 0 Å². The lowest BCUT2D eigenvalue weighted by molar-refractivity contribution is 0.586. The normalized spacial score (nSPS) is 20.7. The van der Waals surface area contributed by atoms with Gasteiger partial charge in [-0.25, -0.2) is 16.8 Å². The summed E-state index contributed by atoms with van der Waals surface area (Å²) in [6.07, 6.45) is 10.8. The second-order valence-electron chi connectivity index (χ2n) is 5.20. The summed E-state index contributed by atoms with van der Waals surface area (Å²) in [5.41, 5.74) is 0.968. The van der Waals surface area contributed by atoms with Crippen molar-refractivity contribution in [2.24, 2.45) is 5.92 Å². The Balaban J connectivity index is 2.04. The van der Waals surface area contributed by atoms with Crippen molar-refractivity contribution in [1.29, 1.82) is 0 Å². The lowest BCUT2D eigenvalue weighted by Gasteiger charge is -2.20. The van der Waals surface area contributed by atoms with E-state index in [2.05, 4.69) is 0 Å². The second-order valence-corrected chi connectivity index (χ2v) is 11.0. The van der Waals surface area contributed by atoms with Crippen molar-refractivity contribution >= 4 is 29.3 Å². The van der Waals surface area contributed by atoms with Crippen molar-refractivity contribution in [3.8, 4) is 0 Å². The lowest BCUT2D eigenvalue weighted by Crippen LogP contribution is -2.19. The van der Waals surface area contributed by atoms with Crippen LogP contribution in [0.5, 0.6) is 0 Å². The highest BCUT2D eigenvalue weighted by atomic mass is 35.5. The van der Waals surface area contributed by atoms with Crippen LogP contribution in [0, 0.1) is 5.92 Å². The molecule has 23 heavy (non-hydrogen) atoms. The smallest absolute Gasteiger partial charge is 0.207 e. The Hall–Kier alpha value is -1.63. The highest BCUT2D eigenvalue weighted by molar-refractivity contribution is 8.68. The summed E-state index contributed by atoms with van der Waals surface area (Å²) < 4.78 is 50.2. The van der Waals surface area contributed by atoms with Crippen molar-refractivity contribution in [3.63, 3.8) is 0 Å². The largest absolute Gasteiger partial charge is 0.286 e. The molecule has 0 aliphatic heterocycles. The Morgan fingerprint density at radius 1 is 0.957 bits per heavy atom. The minimum atomic E-state index is -4.54. The van der Waals surface area contributed by atoms with E-state index in [9.17, 15) is 16.8 Å². The molecule has 0 aromatic heterocycles.